The second kappa shape index (κ2) is 8.19. The minimum Gasteiger partial charge on any atom is -0.375 e. The van der Waals surface area contributed by atoms with Crippen molar-refractivity contribution in [1.29, 1.82) is 0 Å². The van der Waals surface area contributed by atoms with Gasteiger partial charge in [0, 0.05) is 48.4 Å². The van der Waals surface area contributed by atoms with Gasteiger partial charge in [-0.05, 0) is 50.7 Å². The van der Waals surface area contributed by atoms with Gasteiger partial charge in [-0.25, -0.2) is 0 Å². The molecule has 11 rings (SSSR count). The number of thiophene rings is 1. The van der Waals surface area contributed by atoms with Crippen LogP contribution in [0.3, 0.4) is 0 Å². The van der Waals surface area contributed by atoms with E-state index in [0.29, 0.717) is 0 Å². The first-order chi connectivity index (χ1) is 21.9. The molecule has 0 bridgehead atoms. The molecular weight excluding hydrogens is 551 g/mol. The summed E-state index contributed by atoms with van der Waals surface area (Å²) in [5, 5.41) is 12.8. The van der Waals surface area contributed by atoms with E-state index < -0.39 is 0 Å². The molecule has 44 heavy (non-hydrogen) atoms. The fraction of sp³-hybridized carbons (Fsp3) is 0. The zero-order chi connectivity index (χ0) is 28.5. The van der Waals surface area contributed by atoms with E-state index in [9.17, 15) is 0 Å². The number of anilines is 3. The SMILES string of the molecule is c1ccc2c(N3c4csc5c4B(c4ccc6ccccc6c43)n3c4ccccc4c4c6ccccc6cc-5c43)cccc2c1. The van der Waals surface area contributed by atoms with E-state index >= 15 is 0 Å². The molecule has 0 saturated heterocycles. The Morgan fingerprint density at radius 1 is 0.545 bits per heavy atom. The van der Waals surface area contributed by atoms with Crippen LogP contribution in [-0.2, 0) is 0 Å². The maximum atomic E-state index is 2.67. The summed E-state index contributed by atoms with van der Waals surface area (Å²) in [5.41, 5.74) is 10.6. The van der Waals surface area contributed by atoms with Crippen molar-refractivity contribution < 1.29 is 0 Å². The molecule has 0 atom stereocenters. The molecule has 202 valence electrons. The van der Waals surface area contributed by atoms with Gasteiger partial charge >= 0.3 is 6.85 Å². The van der Waals surface area contributed by atoms with Gasteiger partial charge in [-0.15, -0.1) is 11.3 Å². The molecule has 2 aliphatic rings. The van der Waals surface area contributed by atoms with E-state index in [1.54, 1.807) is 0 Å². The highest BCUT2D eigenvalue weighted by Crippen LogP contribution is 2.51. The molecule has 0 aliphatic carbocycles. The number of hydrogen-bond donors (Lipinski definition) is 0. The molecule has 2 nitrogen and oxygen atoms in total. The van der Waals surface area contributed by atoms with Crippen molar-refractivity contribution in [3.05, 3.63) is 139 Å². The van der Waals surface area contributed by atoms with Gasteiger partial charge in [0.15, 0.2) is 0 Å². The monoisotopic (exact) mass is 574 g/mol. The predicted molar refractivity (Wildman–Crippen MR) is 190 cm³/mol. The molecule has 0 N–H and O–H groups in total. The lowest BCUT2D eigenvalue weighted by Crippen LogP contribution is -2.55. The topological polar surface area (TPSA) is 8.17 Å². The molecule has 0 spiro atoms. The van der Waals surface area contributed by atoms with Crippen LogP contribution in [-0.4, -0.2) is 11.3 Å². The highest BCUT2D eigenvalue weighted by atomic mass is 32.1. The zero-order valence-electron chi connectivity index (χ0n) is 23.7. The van der Waals surface area contributed by atoms with Gasteiger partial charge in [0.05, 0.1) is 17.1 Å². The third-order valence-electron chi connectivity index (χ3n) is 9.98. The minimum atomic E-state index is 0.0770. The van der Waals surface area contributed by atoms with Crippen LogP contribution in [0, 0.1) is 0 Å². The minimum absolute atomic E-state index is 0.0770. The first kappa shape index (κ1) is 23.2. The average molecular weight is 575 g/mol. The number of nitrogens with zero attached hydrogens (tertiary/aromatic N) is 2. The van der Waals surface area contributed by atoms with E-state index in [0.717, 1.165) is 0 Å². The summed E-state index contributed by atoms with van der Waals surface area (Å²) in [6.07, 6.45) is 0. The molecule has 0 fully saturated rings. The molecule has 9 aromatic rings. The normalized spacial score (nSPS) is 13.4. The summed E-state index contributed by atoms with van der Waals surface area (Å²) in [4.78, 5) is 3.96. The third-order valence-corrected chi connectivity index (χ3v) is 11.0. The van der Waals surface area contributed by atoms with Crippen LogP contribution in [0.15, 0.2) is 139 Å². The first-order valence-electron chi connectivity index (χ1n) is 15.2. The number of rotatable bonds is 1. The van der Waals surface area contributed by atoms with Gasteiger partial charge in [0.2, 0.25) is 0 Å². The molecule has 0 amide bonds. The Balaban J connectivity index is 1.36. The quantitative estimate of drug-likeness (QED) is 0.177. The Hall–Kier alpha value is -5.32. The number of aromatic nitrogens is 1. The molecule has 0 unspecified atom stereocenters. The maximum absolute atomic E-state index is 2.67. The van der Waals surface area contributed by atoms with Gasteiger partial charge in [-0.3, -0.25) is 0 Å². The van der Waals surface area contributed by atoms with Crippen LogP contribution >= 0.6 is 11.3 Å². The van der Waals surface area contributed by atoms with E-state index in [2.05, 4.69) is 148 Å². The Morgan fingerprint density at radius 2 is 1.23 bits per heavy atom. The average Bonchev–Trinajstić information content (AvgIpc) is 3.68. The fourth-order valence-corrected chi connectivity index (χ4v) is 9.35. The second-order valence-corrected chi connectivity index (χ2v) is 13.0. The lowest BCUT2D eigenvalue weighted by molar-refractivity contribution is 1.29. The molecular formula is C40H23BN2S. The second-order valence-electron chi connectivity index (χ2n) is 12.1. The van der Waals surface area contributed by atoms with E-state index in [1.807, 2.05) is 11.3 Å². The van der Waals surface area contributed by atoms with Crippen molar-refractivity contribution in [2.75, 3.05) is 4.90 Å². The van der Waals surface area contributed by atoms with Crippen molar-refractivity contribution >= 4 is 100 Å². The number of hydrogen-bond acceptors (Lipinski definition) is 2. The maximum Gasteiger partial charge on any atom is 0.333 e. The molecule has 0 saturated carbocycles. The Bertz CT molecular complexity index is 2690. The summed E-state index contributed by atoms with van der Waals surface area (Å²) in [5.74, 6) is 0. The van der Waals surface area contributed by atoms with Crippen molar-refractivity contribution in [1.82, 2.24) is 4.48 Å². The molecule has 4 heteroatoms. The summed E-state index contributed by atoms with van der Waals surface area (Å²) >= 11 is 1.90. The smallest absolute Gasteiger partial charge is 0.333 e. The summed E-state index contributed by atoms with van der Waals surface area (Å²) in [6, 6.07) is 49.5. The number of fused-ring (bicyclic) bond motifs is 12. The van der Waals surface area contributed by atoms with Crippen LogP contribution in [0.5, 0.6) is 0 Å². The highest BCUT2D eigenvalue weighted by Gasteiger charge is 2.44. The van der Waals surface area contributed by atoms with E-state index in [4.69, 9.17) is 0 Å². The standard InChI is InChI=1S/C40H23BN2S/c1-4-14-27-24(10-1)13-9-19-33(27)42-35-23-44-40-31-22-26-12-3-5-15-28(26)36-30-17-7-8-18-34(30)43(39(31)36)41(37(35)40)32-21-20-25-11-2-6-16-29(25)38(32)42/h1-23H. The third kappa shape index (κ3) is 2.74. The van der Waals surface area contributed by atoms with Crippen LogP contribution < -0.4 is 15.8 Å². The van der Waals surface area contributed by atoms with Crippen LogP contribution in [0.1, 0.15) is 0 Å². The lowest BCUT2D eigenvalue weighted by atomic mass is 9.46. The van der Waals surface area contributed by atoms with Gasteiger partial charge < -0.3 is 9.38 Å². The molecule has 0 radical (unpaired) electrons. The van der Waals surface area contributed by atoms with Crippen molar-refractivity contribution in [2.24, 2.45) is 0 Å². The van der Waals surface area contributed by atoms with Crippen LogP contribution in [0.4, 0.5) is 17.1 Å². The van der Waals surface area contributed by atoms with Crippen molar-refractivity contribution in [3.63, 3.8) is 0 Å². The van der Waals surface area contributed by atoms with Gasteiger partial charge in [0.1, 0.15) is 0 Å². The summed E-state index contributed by atoms with van der Waals surface area (Å²) < 4.78 is 2.67. The summed E-state index contributed by atoms with van der Waals surface area (Å²) in [7, 11) is 0. The van der Waals surface area contributed by atoms with Gasteiger partial charge in [-0.2, -0.15) is 0 Å². The van der Waals surface area contributed by atoms with Crippen LogP contribution in [0.2, 0.25) is 0 Å². The number of para-hydroxylation sites is 1. The van der Waals surface area contributed by atoms with Crippen LogP contribution in [0.25, 0.3) is 64.6 Å². The van der Waals surface area contributed by atoms with E-state index in [1.165, 1.54) is 92.6 Å². The van der Waals surface area contributed by atoms with Gasteiger partial charge in [-0.1, -0.05) is 115 Å². The first-order valence-corrected chi connectivity index (χ1v) is 16.1. The fourth-order valence-electron chi connectivity index (χ4n) is 8.26. The largest absolute Gasteiger partial charge is 0.375 e. The van der Waals surface area contributed by atoms with E-state index in [-0.39, 0.29) is 6.85 Å². The molecule has 7 aromatic carbocycles. The number of benzene rings is 7. The summed E-state index contributed by atoms with van der Waals surface area (Å²) in [6.45, 7) is 0.0770. The molecule has 4 heterocycles. The molecule has 2 aliphatic heterocycles. The highest BCUT2D eigenvalue weighted by molar-refractivity contribution is 7.17. The Labute approximate surface area is 258 Å². The zero-order valence-corrected chi connectivity index (χ0v) is 24.5. The Kier molecular flexibility index (Phi) is 4.32. The predicted octanol–water partition coefficient (Wildman–Crippen LogP) is 9.73. The van der Waals surface area contributed by atoms with Crippen molar-refractivity contribution in [2.45, 2.75) is 0 Å². The lowest BCUT2D eigenvalue weighted by Gasteiger charge is -2.39. The Morgan fingerprint density at radius 3 is 2.09 bits per heavy atom. The molecule has 2 aromatic heterocycles. The van der Waals surface area contributed by atoms with Crippen molar-refractivity contribution in [3.8, 4) is 10.4 Å². The van der Waals surface area contributed by atoms with Gasteiger partial charge in [0.25, 0.3) is 0 Å².